The Balaban J connectivity index is 2.36. The molecule has 4 heteroatoms. The van der Waals surface area contributed by atoms with Gasteiger partial charge in [-0.25, -0.2) is 9.97 Å². The van der Waals surface area contributed by atoms with Gasteiger partial charge in [-0.15, -0.1) is 0 Å². The molecule has 2 rings (SSSR count). The number of nitrogens with one attached hydrogen (secondary N) is 1. The molecule has 0 aliphatic carbocycles. The van der Waals surface area contributed by atoms with Gasteiger partial charge in [0.1, 0.15) is 18.0 Å². The third kappa shape index (κ3) is 2.53. The number of nitrogens with zero attached hydrogens (tertiary/aromatic N) is 2. The highest BCUT2D eigenvalue weighted by atomic mass is 15.0. The smallest absolute Gasteiger partial charge is 0.139 e. The number of rotatable bonds is 3. The Kier molecular flexibility index (Phi) is 3.23. The van der Waals surface area contributed by atoms with Gasteiger partial charge in [0.05, 0.1) is 0 Å². The standard InChI is InChI=1S/C13H16N4/c1-9(2)11-12(14)15-8-16-13(11)17-10-6-4-3-5-7-10/h3-9H,1-2H3,(H3,14,15,16,17). The van der Waals surface area contributed by atoms with Gasteiger partial charge in [-0.05, 0) is 18.1 Å². The van der Waals surface area contributed by atoms with Crippen LogP contribution >= 0.6 is 0 Å². The highest BCUT2D eigenvalue weighted by Crippen LogP contribution is 2.28. The number of nitrogens with two attached hydrogens (primary N) is 1. The first-order valence-corrected chi connectivity index (χ1v) is 5.61. The van der Waals surface area contributed by atoms with E-state index in [0.717, 1.165) is 17.1 Å². The van der Waals surface area contributed by atoms with Crippen molar-refractivity contribution >= 4 is 17.3 Å². The minimum absolute atomic E-state index is 0.280. The molecule has 0 aliphatic heterocycles. The summed E-state index contributed by atoms with van der Waals surface area (Å²) < 4.78 is 0. The predicted octanol–water partition coefficient (Wildman–Crippen LogP) is 2.93. The second-order valence-electron chi connectivity index (χ2n) is 4.17. The summed E-state index contributed by atoms with van der Waals surface area (Å²) in [4.78, 5) is 8.28. The molecular formula is C13H16N4. The summed E-state index contributed by atoms with van der Waals surface area (Å²) in [5, 5.41) is 3.26. The van der Waals surface area contributed by atoms with Gasteiger partial charge >= 0.3 is 0 Å². The molecule has 0 unspecified atom stereocenters. The molecule has 0 saturated heterocycles. The van der Waals surface area contributed by atoms with E-state index in [1.807, 2.05) is 30.3 Å². The fourth-order valence-corrected chi connectivity index (χ4v) is 1.74. The maximum Gasteiger partial charge on any atom is 0.139 e. The van der Waals surface area contributed by atoms with Crippen LogP contribution in [0.1, 0.15) is 25.3 Å². The first-order valence-electron chi connectivity index (χ1n) is 5.61. The van der Waals surface area contributed by atoms with Crippen LogP contribution in [-0.4, -0.2) is 9.97 Å². The second-order valence-corrected chi connectivity index (χ2v) is 4.17. The number of para-hydroxylation sites is 1. The molecule has 17 heavy (non-hydrogen) atoms. The van der Waals surface area contributed by atoms with Gasteiger partial charge in [0.2, 0.25) is 0 Å². The van der Waals surface area contributed by atoms with Gasteiger partial charge in [0.25, 0.3) is 0 Å². The Morgan fingerprint density at radius 2 is 1.82 bits per heavy atom. The third-order valence-corrected chi connectivity index (χ3v) is 2.53. The molecule has 88 valence electrons. The SMILES string of the molecule is CC(C)c1c(N)ncnc1Nc1ccccc1. The number of hydrogen-bond donors (Lipinski definition) is 2. The lowest BCUT2D eigenvalue weighted by Gasteiger charge is -2.14. The van der Waals surface area contributed by atoms with E-state index in [9.17, 15) is 0 Å². The summed E-state index contributed by atoms with van der Waals surface area (Å²) in [6.45, 7) is 4.15. The van der Waals surface area contributed by atoms with Crippen molar-refractivity contribution in [2.24, 2.45) is 0 Å². The first kappa shape index (κ1) is 11.4. The number of benzene rings is 1. The first-order chi connectivity index (χ1) is 8.18. The normalized spacial score (nSPS) is 10.5. The van der Waals surface area contributed by atoms with Gasteiger partial charge in [-0.1, -0.05) is 32.0 Å². The highest BCUT2D eigenvalue weighted by Gasteiger charge is 2.12. The van der Waals surface area contributed by atoms with Crippen molar-refractivity contribution in [2.45, 2.75) is 19.8 Å². The third-order valence-electron chi connectivity index (χ3n) is 2.53. The van der Waals surface area contributed by atoms with Crippen molar-refractivity contribution in [1.82, 2.24) is 9.97 Å². The molecule has 0 atom stereocenters. The number of hydrogen-bond acceptors (Lipinski definition) is 4. The monoisotopic (exact) mass is 228 g/mol. The van der Waals surface area contributed by atoms with Gasteiger partial charge in [-0.2, -0.15) is 0 Å². The molecule has 2 aromatic rings. The molecule has 1 heterocycles. The van der Waals surface area contributed by atoms with Gasteiger partial charge < -0.3 is 11.1 Å². The molecule has 0 radical (unpaired) electrons. The van der Waals surface area contributed by atoms with Crippen molar-refractivity contribution in [1.29, 1.82) is 0 Å². The van der Waals surface area contributed by atoms with Gasteiger partial charge in [0.15, 0.2) is 0 Å². The largest absolute Gasteiger partial charge is 0.383 e. The minimum atomic E-state index is 0.280. The molecule has 0 fully saturated rings. The van der Waals surface area contributed by atoms with Crippen molar-refractivity contribution < 1.29 is 0 Å². The summed E-state index contributed by atoms with van der Waals surface area (Å²) in [6, 6.07) is 9.90. The van der Waals surface area contributed by atoms with Crippen molar-refractivity contribution in [2.75, 3.05) is 11.1 Å². The van der Waals surface area contributed by atoms with Crippen molar-refractivity contribution in [3.8, 4) is 0 Å². The maximum atomic E-state index is 5.88. The molecule has 0 spiro atoms. The average molecular weight is 228 g/mol. The fraction of sp³-hybridized carbons (Fsp3) is 0.231. The van der Waals surface area contributed by atoms with Crippen molar-refractivity contribution in [3.63, 3.8) is 0 Å². The average Bonchev–Trinajstić information content (AvgIpc) is 2.30. The number of anilines is 3. The lowest BCUT2D eigenvalue weighted by atomic mass is 10.0. The quantitative estimate of drug-likeness (QED) is 0.847. The van der Waals surface area contributed by atoms with Crippen LogP contribution in [-0.2, 0) is 0 Å². The molecule has 3 N–H and O–H groups in total. The Morgan fingerprint density at radius 3 is 2.47 bits per heavy atom. The Labute approximate surface area is 101 Å². The van der Waals surface area contributed by atoms with Crippen LogP contribution in [0.15, 0.2) is 36.7 Å². The highest BCUT2D eigenvalue weighted by molar-refractivity contribution is 5.64. The zero-order valence-corrected chi connectivity index (χ0v) is 10.0. The summed E-state index contributed by atoms with van der Waals surface area (Å²) in [5.41, 5.74) is 7.83. The van der Waals surface area contributed by atoms with Crippen LogP contribution in [0.2, 0.25) is 0 Å². The Morgan fingerprint density at radius 1 is 1.12 bits per heavy atom. The molecule has 1 aromatic carbocycles. The van der Waals surface area contributed by atoms with E-state index in [2.05, 4.69) is 29.1 Å². The van der Waals surface area contributed by atoms with Gasteiger partial charge in [-0.3, -0.25) is 0 Å². The Hall–Kier alpha value is -2.10. The van der Waals surface area contributed by atoms with E-state index in [1.54, 1.807) is 0 Å². The molecule has 0 bridgehead atoms. The molecule has 0 aliphatic rings. The van der Waals surface area contributed by atoms with E-state index in [4.69, 9.17) is 5.73 Å². The van der Waals surface area contributed by atoms with Crippen LogP contribution in [0.5, 0.6) is 0 Å². The second kappa shape index (κ2) is 4.82. The van der Waals surface area contributed by atoms with Crippen LogP contribution in [0.25, 0.3) is 0 Å². The van der Waals surface area contributed by atoms with Crippen LogP contribution in [0, 0.1) is 0 Å². The van der Waals surface area contributed by atoms with E-state index in [-0.39, 0.29) is 5.92 Å². The van der Waals surface area contributed by atoms with Crippen LogP contribution in [0.4, 0.5) is 17.3 Å². The predicted molar refractivity (Wildman–Crippen MR) is 70.3 cm³/mol. The lowest BCUT2D eigenvalue weighted by molar-refractivity contribution is 0.855. The van der Waals surface area contributed by atoms with E-state index >= 15 is 0 Å². The summed E-state index contributed by atoms with van der Waals surface area (Å²) in [5.74, 6) is 1.59. The summed E-state index contributed by atoms with van der Waals surface area (Å²) >= 11 is 0. The molecule has 1 aromatic heterocycles. The Bertz CT molecular complexity index is 494. The summed E-state index contributed by atoms with van der Waals surface area (Å²) in [6.07, 6.45) is 1.48. The van der Waals surface area contributed by atoms with Gasteiger partial charge in [0, 0.05) is 11.3 Å². The molecule has 0 amide bonds. The lowest BCUT2D eigenvalue weighted by Crippen LogP contribution is -2.06. The molecular weight excluding hydrogens is 212 g/mol. The van der Waals surface area contributed by atoms with E-state index < -0.39 is 0 Å². The number of nitrogen functional groups attached to an aromatic ring is 1. The summed E-state index contributed by atoms with van der Waals surface area (Å²) in [7, 11) is 0. The zero-order valence-electron chi connectivity index (χ0n) is 10.0. The minimum Gasteiger partial charge on any atom is -0.383 e. The van der Waals surface area contributed by atoms with Crippen LogP contribution in [0.3, 0.4) is 0 Å². The molecule has 0 saturated carbocycles. The number of aromatic nitrogens is 2. The maximum absolute atomic E-state index is 5.88. The molecule has 4 nitrogen and oxygen atoms in total. The fourth-order valence-electron chi connectivity index (χ4n) is 1.74. The topological polar surface area (TPSA) is 63.8 Å². The van der Waals surface area contributed by atoms with E-state index in [0.29, 0.717) is 5.82 Å². The zero-order chi connectivity index (χ0) is 12.3. The van der Waals surface area contributed by atoms with Crippen molar-refractivity contribution in [3.05, 3.63) is 42.2 Å². The van der Waals surface area contributed by atoms with E-state index in [1.165, 1.54) is 6.33 Å². The van der Waals surface area contributed by atoms with Crippen LogP contribution < -0.4 is 11.1 Å².